The van der Waals surface area contributed by atoms with Crippen molar-refractivity contribution >= 4 is 28.7 Å². The molecule has 0 fully saturated rings. The Labute approximate surface area is 166 Å². The first-order chi connectivity index (χ1) is 13.7. The maximum atomic E-state index is 12.9. The van der Waals surface area contributed by atoms with Crippen LogP contribution in [0, 0.1) is 27.7 Å². The van der Waals surface area contributed by atoms with Gasteiger partial charge >= 0.3 is 5.97 Å². The maximum absolute atomic E-state index is 12.9. The average molecular weight is 398 g/mol. The lowest BCUT2D eigenvalue weighted by molar-refractivity contribution is -0.116. The Bertz CT molecular complexity index is 1150. The Hall–Kier alpha value is -3.49. The predicted octanol–water partition coefficient (Wildman–Crippen LogP) is 2.43. The van der Waals surface area contributed by atoms with Gasteiger partial charge in [0.05, 0.1) is 6.61 Å². The highest BCUT2D eigenvalue weighted by atomic mass is 16.5. The van der Waals surface area contributed by atoms with Gasteiger partial charge in [0, 0.05) is 5.69 Å². The van der Waals surface area contributed by atoms with Crippen LogP contribution in [0.5, 0.6) is 0 Å². The van der Waals surface area contributed by atoms with Gasteiger partial charge in [-0.1, -0.05) is 22.9 Å². The van der Waals surface area contributed by atoms with Gasteiger partial charge in [-0.05, 0) is 45.7 Å². The minimum atomic E-state index is -0.782. The van der Waals surface area contributed by atoms with Crippen molar-refractivity contribution in [2.75, 3.05) is 11.9 Å². The van der Waals surface area contributed by atoms with Crippen LogP contribution in [-0.4, -0.2) is 33.2 Å². The Balaban J connectivity index is 1.96. The van der Waals surface area contributed by atoms with Gasteiger partial charge in [-0.3, -0.25) is 14.2 Å². The van der Waals surface area contributed by atoms with E-state index < -0.39 is 11.5 Å². The lowest BCUT2D eigenvalue weighted by Gasteiger charge is -2.14. The van der Waals surface area contributed by atoms with Crippen LogP contribution in [0.4, 0.5) is 5.69 Å². The number of benzene rings is 1. The molecule has 2 heterocycles. The number of aryl methyl sites for hydroxylation is 4. The summed E-state index contributed by atoms with van der Waals surface area (Å²) in [6.07, 6.45) is 0. The first kappa shape index (κ1) is 20.2. The summed E-state index contributed by atoms with van der Waals surface area (Å²) < 4.78 is 11.1. The number of nitrogens with one attached hydrogen (secondary N) is 1. The molecule has 0 radical (unpaired) electrons. The molecule has 0 aliphatic heterocycles. The van der Waals surface area contributed by atoms with Gasteiger partial charge in [-0.2, -0.15) is 4.98 Å². The van der Waals surface area contributed by atoms with Gasteiger partial charge < -0.3 is 14.6 Å². The molecule has 152 valence electrons. The third-order valence-corrected chi connectivity index (χ3v) is 4.50. The number of carbonyl (C=O) groups is 2. The number of amides is 1. The van der Waals surface area contributed by atoms with Crippen molar-refractivity contribution in [2.45, 2.75) is 41.2 Å². The van der Waals surface area contributed by atoms with E-state index in [0.29, 0.717) is 5.69 Å². The largest absolute Gasteiger partial charge is 0.461 e. The molecule has 3 aromatic rings. The number of rotatable bonds is 5. The Morgan fingerprint density at radius 1 is 1.17 bits per heavy atom. The molecule has 0 aliphatic rings. The zero-order valence-corrected chi connectivity index (χ0v) is 17.0. The summed E-state index contributed by atoms with van der Waals surface area (Å²) in [6.45, 7) is 8.86. The molecule has 0 bridgehead atoms. The summed E-state index contributed by atoms with van der Waals surface area (Å²) in [6, 6.07) is 3.94. The third-order valence-electron chi connectivity index (χ3n) is 4.50. The quantitative estimate of drug-likeness (QED) is 0.656. The zero-order valence-electron chi connectivity index (χ0n) is 17.0. The summed E-state index contributed by atoms with van der Waals surface area (Å²) in [7, 11) is 0. The summed E-state index contributed by atoms with van der Waals surface area (Å²) >= 11 is 0. The van der Waals surface area contributed by atoms with E-state index in [9.17, 15) is 14.4 Å². The molecular weight excluding hydrogens is 376 g/mol. The molecule has 2 aromatic heterocycles. The van der Waals surface area contributed by atoms with E-state index in [0.717, 1.165) is 16.7 Å². The van der Waals surface area contributed by atoms with Gasteiger partial charge in [0.15, 0.2) is 0 Å². The number of ether oxygens (including phenoxy) is 1. The molecular formula is C20H22N4O5. The molecule has 1 N–H and O–H groups in total. The average Bonchev–Trinajstić information content (AvgIpc) is 3.06. The van der Waals surface area contributed by atoms with Crippen molar-refractivity contribution in [3.05, 3.63) is 50.7 Å². The highest BCUT2D eigenvalue weighted by Gasteiger charge is 2.24. The molecule has 0 saturated carbocycles. The summed E-state index contributed by atoms with van der Waals surface area (Å²) in [4.78, 5) is 41.8. The lowest BCUT2D eigenvalue weighted by atomic mass is 10.1. The van der Waals surface area contributed by atoms with Crippen molar-refractivity contribution in [3.8, 4) is 0 Å². The maximum Gasteiger partial charge on any atom is 0.361 e. The van der Waals surface area contributed by atoms with Crippen LogP contribution < -0.4 is 10.9 Å². The van der Waals surface area contributed by atoms with Crippen LogP contribution in [0.2, 0.25) is 0 Å². The van der Waals surface area contributed by atoms with E-state index in [2.05, 4.69) is 15.5 Å². The fourth-order valence-electron chi connectivity index (χ4n) is 3.26. The number of anilines is 1. The molecule has 0 saturated heterocycles. The van der Waals surface area contributed by atoms with Crippen LogP contribution in [-0.2, 0) is 16.1 Å². The molecule has 1 aromatic carbocycles. The molecule has 0 spiro atoms. The molecule has 1 amide bonds. The molecule has 9 heteroatoms. The fourth-order valence-corrected chi connectivity index (χ4v) is 3.26. The van der Waals surface area contributed by atoms with Crippen molar-refractivity contribution in [2.24, 2.45) is 0 Å². The molecule has 0 aliphatic carbocycles. The second-order valence-electron chi connectivity index (χ2n) is 6.80. The van der Waals surface area contributed by atoms with E-state index in [1.807, 2.05) is 32.9 Å². The summed E-state index contributed by atoms with van der Waals surface area (Å²) in [5.74, 6) is -0.905. The smallest absolute Gasteiger partial charge is 0.361 e. The molecule has 0 unspecified atom stereocenters. The number of carbonyl (C=O) groups excluding carboxylic acids is 2. The van der Waals surface area contributed by atoms with Crippen molar-refractivity contribution in [3.63, 3.8) is 0 Å². The molecule has 29 heavy (non-hydrogen) atoms. The molecule has 3 rings (SSSR count). The van der Waals surface area contributed by atoms with Crippen molar-refractivity contribution in [1.82, 2.24) is 14.7 Å². The lowest BCUT2D eigenvalue weighted by Crippen LogP contribution is -2.31. The SMILES string of the molecule is CCOC(=O)c1noc2nc(C)n(CC(=O)Nc3c(C)cc(C)cc3C)c(=O)c12. The van der Waals surface area contributed by atoms with E-state index in [-0.39, 0.29) is 41.7 Å². The van der Waals surface area contributed by atoms with Crippen LogP contribution in [0.1, 0.15) is 39.9 Å². The number of hydrogen-bond donors (Lipinski definition) is 1. The minimum Gasteiger partial charge on any atom is -0.461 e. The zero-order chi connectivity index (χ0) is 21.3. The van der Waals surface area contributed by atoms with Crippen molar-refractivity contribution < 1.29 is 18.8 Å². The normalized spacial score (nSPS) is 10.9. The minimum absolute atomic E-state index is 0.0718. The number of aromatic nitrogens is 3. The van der Waals surface area contributed by atoms with E-state index in [4.69, 9.17) is 9.26 Å². The highest BCUT2D eigenvalue weighted by molar-refractivity contribution is 6.00. The van der Waals surface area contributed by atoms with Gasteiger partial charge in [-0.25, -0.2) is 4.79 Å². The number of hydrogen-bond acceptors (Lipinski definition) is 7. The fraction of sp³-hybridized carbons (Fsp3) is 0.350. The molecule has 0 atom stereocenters. The Kier molecular flexibility index (Phi) is 5.49. The number of esters is 1. The Morgan fingerprint density at radius 2 is 1.83 bits per heavy atom. The second-order valence-corrected chi connectivity index (χ2v) is 6.80. The monoisotopic (exact) mass is 398 g/mol. The number of fused-ring (bicyclic) bond motifs is 1. The Morgan fingerprint density at radius 3 is 2.45 bits per heavy atom. The van der Waals surface area contributed by atoms with Crippen LogP contribution in [0.25, 0.3) is 11.1 Å². The van der Waals surface area contributed by atoms with Crippen LogP contribution >= 0.6 is 0 Å². The number of nitrogens with zero attached hydrogens (tertiary/aromatic N) is 3. The predicted molar refractivity (Wildman–Crippen MR) is 106 cm³/mol. The van der Waals surface area contributed by atoms with Gasteiger partial charge in [-0.15, -0.1) is 0 Å². The van der Waals surface area contributed by atoms with E-state index >= 15 is 0 Å². The standard InChI is InChI=1S/C20H22N4O5/c1-6-28-20(27)17-15-18(29-23-17)21-13(5)24(19(15)26)9-14(25)22-16-11(3)7-10(2)8-12(16)4/h7-8H,6,9H2,1-5H3,(H,22,25). The highest BCUT2D eigenvalue weighted by Crippen LogP contribution is 2.22. The third kappa shape index (κ3) is 3.89. The first-order valence-corrected chi connectivity index (χ1v) is 9.14. The summed E-state index contributed by atoms with van der Waals surface area (Å²) in [5.41, 5.74) is 2.74. The van der Waals surface area contributed by atoms with Gasteiger partial charge in [0.1, 0.15) is 17.8 Å². The van der Waals surface area contributed by atoms with Gasteiger partial charge in [0.25, 0.3) is 11.3 Å². The molecule has 9 nitrogen and oxygen atoms in total. The van der Waals surface area contributed by atoms with Gasteiger partial charge in [0.2, 0.25) is 11.6 Å². The van der Waals surface area contributed by atoms with Crippen molar-refractivity contribution in [1.29, 1.82) is 0 Å². The topological polar surface area (TPSA) is 116 Å². The van der Waals surface area contributed by atoms with Crippen LogP contribution in [0.15, 0.2) is 21.5 Å². The van der Waals surface area contributed by atoms with Crippen LogP contribution in [0.3, 0.4) is 0 Å². The van der Waals surface area contributed by atoms with E-state index in [1.54, 1.807) is 13.8 Å². The van der Waals surface area contributed by atoms with E-state index in [1.165, 1.54) is 4.57 Å². The second kappa shape index (κ2) is 7.86. The summed E-state index contributed by atoms with van der Waals surface area (Å²) in [5, 5.41) is 6.35. The first-order valence-electron chi connectivity index (χ1n) is 9.14.